The molecule has 0 unspecified atom stereocenters. The number of hydrogen-bond donors (Lipinski definition) is 2. The molecule has 0 spiro atoms. The molecule has 21 heavy (non-hydrogen) atoms. The van der Waals surface area contributed by atoms with E-state index in [0.29, 0.717) is 12.6 Å². The Balaban J connectivity index is 1.86. The summed E-state index contributed by atoms with van der Waals surface area (Å²) < 4.78 is 38.2. The van der Waals surface area contributed by atoms with Crippen molar-refractivity contribution in [2.75, 3.05) is 13.1 Å². The largest absolute Gasteiger partial charge is 0.417 e. The number of rotatable bonds is 6. The van der Waals surface area contributed by atoms with Crippen molar-refractivity contribution in [2.24, 2.45) is 0 Å². The highest BCUT2D eigenvalue weighted by atomic mass is 79.9. The lowest BCUT2D eigenvalue weighted by atomic mass is 10.1. The van der Waals surface area contributed by atoms with Gasteiger partial charge in [0, 0.05) is 22.6 Å². The van der Waals surface area contributed by atoms with E-state index in [1.54, 1.807) is 0 Å². The molecule has 3 nitrogen and oxygen atoms in total. The summed E-state index contributed by atoms with van der Waals surface area (Å²) in [6.45, 7) is 1.25. The van der Waals surface area contributed by atoms with Gasteiger partial charge in [-0.3, -0.25) is 4.79 Å². The van der Waals surface area contributed by atoms with Crippen LogP contribution in [0.25, 0.3) is 0 Å². The van der Waals surface area contributed by atoms with Crippen molar-refractivity contribution in [3.05, 3.63) is 33.8 Å². The number of hydrogen-bond acceptors (Lipinski definition) is 2. The first-order valence-corrected chi connectivity index (χ1v) is 7.55. The zero-order valence-electron chi connectivity index (χ0n) is 11.3. The highest BCUT2D eigenvalue weighted by Gasteiger charge is 2.33. The second-order valence-corrected chi connectivity index (χ2v) is 5.88. The fourth-order valence-electron chi connectivity index (χ4n) is 1.87. The van der Waals surface area contributed by atoms with Crippen molar-refractivity contribution < 1.29 is 18.0 Å². The van der Waals surface area contributed by atoms with Gasteiger partial charge < -0.3 is 10.6 Å². The summed E-state index contributed by atoms with van der Waals surface area (Å²) in [7, 11) is 0. The topological polar surface area (TPSA) is 41.1 Å². The average molecular weight is 365 g/mol. The Morgan fingerprint density at radius 3 is 2.62 bits per heavy atom. The zero-order valence-corrected chi connectivity index (χ0v) is 12.9. The number of halogens is 4. The van der Waals surface area contributed by atoms with E-state index in [1.165, 1.54) is 25.0 Å². The van der Waals surface area contributed by atoms with E-state index in [-0.39, 0.29) is 10.0 Å². The van der Waals surface area contributed by atoms with Crippen LogP contribution in [0.3, 0.4) is 0 Å². The van der Waals surface area contributed by atoms with Crippen LogP contribution in [-0.4, -0.2) is 25.0 Å². The number of carbonyl (C=O) groups excluding carboxylic acids is 1. The van der Waals surface area contributed by atoms with Crippen LogP contribution >= 0.6 is 15.9 Å². The monoisotopic (exact) mass is 364 g/mol. The minimum absolute atomic E-state index is 0.0145. The molecule has 1 aliphatic rings. The van der Waals surface area contributed by atoms with Crippen molar-refractivity contribution in [1.82, 2.24) is 10.6 Å². The third-order valence-corrected chi connectivity index (χ3v) is 3.87. The minimum atomic E-state index is -4.48. The predicted molar refractivity (Wildman–Crippen MR) is 77.1 cm³/mol. The van der Waals surface area contributed by atoms with Crippen LogP contribution in [-0.2, 0) is 6.18 Å². The lowest BCUT2D eigenvalue weighted by Gasteiger charge is -2.11. The molecule has 116 valence electrons. The highest BCUT2D eigenvalue weighted by molar-refractivity contribution is 9.10. The van der Waals surface area contributed by atoms with Gasteiger partial charge in [-0.15, -0.1) is 0 Å². The molecule has 0 aliphatic heterocycles. The number of alkyl halides is 3. The Bertz CT molecular complexity index is 515. The molecule has 2 N–H and O–H groups in total. The second kappa shape index (κ2) is 6.79. The van der Waals surface area contributed by atoms with Crippen LogP contribution in [0.2, 0.25) is 0 Å². The Labute approximate surface area is 129 Å². The van der Waals surface area contributed by atoms with Crippen molar-refractivity contribution in [1.29, 1.82) is 0 Å². The molecule has 1 saturated carbocycles. The molecular weight excluding hydrogens is 349 g/mol. The van der Waals surface area contributed by atoms with Gasteiger partial charge in [0.25, 0.3) is 5.91 Å². The minimum Gasteiger partial charge on any atom is -0.352 e. The maximum Gasteiger partial charge on any atom is 0.417 e. The molecule has 7 heteroatoms. The Kier molecular flexibility index (Phi) is 5.27. The summed E-state index contributed by atoms with van der Waals surface area (Å²) in [6, 6.07) is 4.09. The Morgan fingerprint density at radius 1 is 1.29 bits per heavy atom. The first kappa shape index (κ1) is 16.3. The quantitative estimate of drug-likeness (QED) is 0.760. The van der Waals surface area contributed by atoms with Gasteiger partial charge in [-0.25, -0.2) is 0 Å². The van der Waals surface area contributed by atoms with Gasteiger partial charge in [0.2, 0.25) is 0 Å². The first-order chi connectivity index (χ1) is 9.88. The zero-order chi connectivity index (χ0) is 15.5. The normalized spacial score (nSPS) is 15.0. The van der Waals surface area contributed by atoms with E-state index < -0.39 is 17.6 Å². The molecule has 0 atom stereocenters. The van der Waals surface area contributed by atoms with E-state index in [1.807, 2.05) is 0 Å². The van der Waals surface area contributed by atoms with Gasteiger partial charge in [0.15, 0.2) is 0 Å². The van der Waals surface area contributed by atoms with Gasteiger partial charge in [0.05, 0.1) is 5.56 Å². The summed E-state index contributed by atoms with van der Waals surface area (Å²) in [5, 5.41) is 5.93. The first-order valence-electron chi connectivity index (χ1n) is 6.76. The molecule has 1 aromatic rings. The molecule has 0 saturated heterocycles. The van der Waals surface area contributed by atoms with E-state index >= 15 is 0 Å². The van der Waals surface area contributed by atoms with Gasteiger partial charge in [-0.05, 0) is 44.0 Å². The Hall–Kier alpha value is -1.08. The summed E-state index contributed by atoms with van der Waals surface area (Å²) in [5.74, 6) is -0.487. The third-order valence-electron chi connectivity index (χ3n) is 3.18. The van der Waals surface area contributed by atoms with Crippen LogP contribution < -0.4 is 10.6 Å². The third kappa shape index (κ3) is 5.00. The number of carbonyl (C=O) groups is 1. The molecular formula is C14H16BrF3N2O. The fraction of sp³-hybridized carbons (Fsp3) is 0.500. The summed E-state index contributed by atoms with van der Waals surface area (Å²) in [4.78, 5) is 11.8. The smallest absolute Gasteiger partial charge is 0.352 e. The van der Waals surface area contributed by atoms with Crippen LogP contribution in [0.15, 0.2) is 22.7 Å². The van der Waals surface area contributed by atoms with Crippen LogP contribution in [0.4, 0.5) is 13.2 Å². The van der Waals surface area contributed by atoms with Crippen molar-refractivity contribution in [3.8, 4) is 0 Å². The molecule has 0 radical (unpaired) electrons. The molecule has 1 aliphatic carbocycles. The van der Waals surface area contributed by atoms with Crippen LogP contribution in [0.1, 0.15) is 35.2 Å². The summed E-state index contributed by atoms with van der Waals surface area (Å²) >= 11 is 2.85. The van der Waals surface area contributed by atoms with Crippen LogP contribution in [0.5, 0.6) is 0 Å². The number of benzene rings is 1. The van der Waals surface area contributed by atoms with Gasteiger partial charge in [-0.1, -0.05) is 15.9 Å². The molecule has 1 amide bonds. The molecule has 0 aromatic heterocycles. The van der Waals surface area contributed by atoms with Crippen molar-refractivity contribution >= 4 is 21.8 Å². The SMILES string of the molecule is O=C(NCCCNC1CC1)c1ccc(Br)c(C(F)(F)F)c1. The fourth-order valence-corrected chi connectivity index (χ4v) is 2.34. The number of nitrogens with one attached hydrogen (secondary N) is 2. The maximum atomic E-state index is 12.8. The van der Waals surface area contributed by atoms with Crippen LogP contribution in [0, 0.1) is 0 Å². The summed E-state index contributed by atoms with van der Waals surface area (Å²) in [6.07, 6.45) is -1.33. The lowest BCUT2D eigenvalue weighted by Crippen LogP contribution is -2.28. The average Bonchev–Trinajstić information content (AvgIpc) is 3.21. The van der Waals surface area contributed by atoms with Crippen molar-refractivity contribution in [2.45, 2.75) is 31.5 Å². The molecule has 1 fully saturated rings. The van der Waals surface area contributed by atoms with E-state index in [4.69, 9.17) is 0 Å². The lowest BCUT2D eigenvalue weighted by molar-refractivity contribution is -0.138. The second-order valence-electron chi connectivity index (χ2n) is 5.03. The van der Waals surface area contributed by atoms with Gasteiger partial charge >= 0.3 is 6.18 Å². The molecule has 0 bridgehead atoms. The van der Waals surface area contributed by atoms with Crippen molar-refractivity contribution in [3.63, 3.8) is 0 Å². The standard InChI is InChI=1S/C14H16BrF3N2O/c15-12-5-2-9(8-11(12)14(16,17)18)13(21)20-7-1-6-19-10-3-4-10/h2,5,8,10,19H,1,3-4,6-7H2,(H,20,21). The predicted octanol–water partition coefficient (Wildman–Crippen LogP) is 3.34. The highest BCUT2D eigenvalue weighted by Crippen LogP contribution is 2.35. The molecule has 1 aromatic carbocycles. The van der Waals surface area contributed by atoms with E-state index in [9.17, 15) is 18.0 Å². The van der Waals surface area contributed by atoms with Gasteiger partial charge in [0.1, 0.15) is 0 Å². The summed E-state index contributed by atoms with van der Waals surface area (Å²) in [5.41, 5.74) is -0.828. The molecule has 0 heterocycles. The number of amides is 1. The molecule has 2 rings (SSSR count). The van der Waals surface area contributed by atoms with E-state index in [0.717, 1.165) is 19.0 Å². The van der Waals surface area contributed by atoms with E-state index in [2.05, 4.69) is 26.6 Å². The van der Waals surface area contributed by atoms with Gasteiger partial charge in [-0.2, -0.15) is 13.2 Å². The maximum absolute atomic E-state index is 12.8. The Morgan fingerprint density at radius 2 is 2.00 bits per heavy atom.